The van der Waals surface area contributed by atoms with Crippen molar-refractivity contribution >= 4 is 17.3 Å². The molecule has 2 aromatic rings. The molecule has 0 saturated carbocycles. The molecule has 7 nitrogen and oxygen atoms in total. The van der Waals surface area contributed by atoms with Crippen LogP contribution in [0.25, 0.3) is 0 Å². The molecule has 0 aliphatic rings. The van der Waals surface area contributed by atoms with Crippen LogP contribution >= 0.6 is 0 Å². The molecule has 0 saturated heterocycles. The number of aryl methyl sites for hydroxylation is 1. The van der Waals surface area contributed by atoms with Crippen molar-refractivity contribution in [1.29, 1.82) is 0 Å². The van der Waals surface area contributed by atoms with Gasteiger partial charge in [-0.15, -0.1) is 0 Å². The van der Waals surface area contributed by atoms with Gasteiger partial charge in [-0.05, 0) is 36.2 Å². The SMILES string of the molecule is Cc1ccncc1CNc1ccc(C(=O)O)cc1[N+](=O)[O-]. The molecule has 2 N–H and O–H groups in total. The number of carboxylic acid groups (broad SMARTS) is 1. The van der Waals surface area contributed by atoms with Gasteiger partial charge in [0, 0.05) is 25.0 Å². The minimum atomic E-state index is -1.20. The second-order valence-corrected chi connectivity index (χ2v) is 4.45. The van der Waals surface area contributed by atoms with Crippen LogP contribution in [0, 0.1) is 17.0 Å². The number of rotatable bonds is 5. The third kappa shape index (κ3) is 3.33. The van der Waals surface area contributed by atoms with Crippen molar-refractivity contribution in [2.45, 2.75) is 13.5 Å². The Kier molecular flexibility index (Phi) is 4.13. The molecule has 0 amide bonds. The number of aromatic nitrogens is 1. The summed E-state index contributed by atoms with van der Waals surface area (Å²) in [5.41, 5.74) is 1.81. The highest BCUT2D eigenvalue weighted by Gasteiger charge is 2.17. The van der Waals surface area contributed by atoms with Gasteiger partial charge in [0.15, 0.2) is 0 Å². The summed E-state index contributed by atoms with van der Waals surface area (Å²) in [4.78, 5) is 25.3. The molecular formula is C14H13N3O4. The zero-order valence-corrected chi connectivity index (χ0v) is 11.2. The number of carboxylic acids is 1. The third-order valence-corrected chi connectivity index (χ3v) is 3.06. The van der Waals surface area contributed by atoms with Crippen LogP contribution in [0.4, 0.5) is 11.4 Å². The normalized spacial score (nSPS) is 10.1. The van der Waals surface area contributed by atoms with E-state index in [0.717, 1.165) is 17.2 Å². The van der Waals surface area contributed by atoms with Crippen LogP contribution in [0.1, 0.15) is 21.5 Å². The standard InChI is InChI=1S/C14H13N3O4/c1-9-4-5-15-7-11(9)8-16-12-3-2-10(14(18)19)6-13(12)17(20)21/h2-7,16H,8H2,1H3,(H,18,19). The van der Waals surface area contributed by atoms with Crippen molar-refractivity contribution < 1.29 is 14.8 Å². The average molecular weight is 287 g/mol. The Hall–Kier alpha value is -2.96. The number of pyridine rings is 1. The topological polar surface area (TPSA) is 105 Å². The molecule has 1 aromatic carbocycles. The number of anilines is 1. The minimum Gasteiger partial charge on any atom is -0.478 e. The number of carbonyl (C=O) groups is 1. The van der Waals surface area contributed by atoms with Gasteiger partial charge in [0.05, 0.1) is 10.5 Å². The maximum atomic E-state index is 11.0. The van der Waals surface area contributed by atoms with Gasteiger partial charge in [-0.2, -0.15) is 0 Å². The number of nitro benzene ring substituents is 1. The Balaban J connectivity index is 2.26. The fourth-order valence-electron chi connectivity index (χ4n) is 1.84. The molecule has 0 radical (unpaired) electrons. The van der Waals surface area contributed by atoms with E-state index in [9.17, 15) is 14.9 Å². The third-order valence-electron chi connectivity index (χ3n) is 3.06. The van der Waals surface area contributed by atoms with Gasteiger partial charge >= 0.3 is 5.97 Å². The molecule has 1 aromatic heterocycles. The largest absolute Gasteiger partial charge is 0.478 e. The highest BCUT2D eigenvalue weighted by molar-refractivity contribution is 5.89. The first kappa shape index (κ1) is 14.4. The van der Waals surface area contributed by atoms with Crippen LogP contribution in [-0.4, -0.2) is 21.0 Å². The highest BCUT2D eigenvalue weighted by Crippen LogP contribution is 2.26. The number of hydrogen-bond acceptors (Lipinski definition) is 5. The van der Waals surface area contributed by atoms with Gasteiger partial charge in [-0.3, -0.25) is 15.1 Å². The molecular weight excluding hydrogens is 274 g/mol. The molecule has 0 atom stereocenters. The Morgan fingerprint density at radius 1 is 1.43 bits per heavy atom. The fraction of sp³-hybridized carbons (Fsp3) is 0.143. The number of benzene rings is 1. The predicted molar refractivity (Wildman–Crippen MR) is 76.4 cm³/mol. The summed E-state index contributed by atoms with van der Waals surface area (Å²) >= 11 is 0. The zero-order chi connectivity index (χ0) is 15.4. The number of hydrogen-bond donors (Lipinski definition) is 2. The lowest BCUT2D eigenvalue weighted by atomic mass is 10.1. The van der Waals surface area contributed by atoms with Crippen LogP contribution < -0.4 is 5.32 Å². The van der Waals surface area contributed by atoms with Crippen molar-refractivity contribution in [2.75, 3.05) is 5.32 Å². The Morgan fingerprint density at radius 3 is 2.81 bits per heavy atom. The van der Waals surface area contributed by atoms with Gasteiger partial charge in [0.25, 0.3) is 5.69 Å². The Bertz CT molecular complexity index is 700. The van der Waals surface area contributed by atoms with E-state index in [1.54, 1.807) is 12.4 Å². The van der Waals surface area contributed by atoms with Gasteiger partial charge in [-0.25, -0.2) is 4.79 Å². The molecule has 0 fully saturated rings. The molecule has 21 heavy (non-hydrogen) atoms. The van der Waals surface area contributed by atoms with Crippen LogP contribution in [0.5, 0.6) is 0 Å². The monoisotopic (exact) mass is 287 g/mol. The lowest BCUT2D eigenvalue weighted by Gasteiger charge is -2.09. The van der Waals surface area contributed by atoms with E-state index in [2.05, 4.69) is 10.3 Å². The molecule has 7 heteroatoms. The smallest absolute Gasteiger partial charge is 0.335 e. The van der Waals surface area contributed by atoms with Gasteiger partial charge in [-0.1, -0.05) is 0 Å². The summed E-state index contributed by atoms with van der Waals surface area (Å²) in [6, 6.07) is 5.61. The molecule has 1 heterocycles. The van der Waals surface area contributed by atoms with E-state index in [0.29, 0.717) is 6.54 Å². The van der Waals surface area contributed by atoms with E-state index < -0.39 is 10.9 Å². The first-order valence-electron chi connectivity index (χ1n) is 6.14. The van der Waals surface area contributed by atoms with Crippen LogP contribution in [0.15, 0.2) is 36.7 Å². The Morgan fingerprint density at radius 2 is 2.19 bits per heavy atom. The van der Waals surface area contributed by atoms with Crippen LogP contribution in [0.3, 0.4) is 0 Å². The van der Waals surface area contributed by atoms with Gasteiger partial charge < -0.3 is 10.4 Å². The summed E-state index contributed by atoms with van der Waals surface area (Å²) in [5.74, 6) is -1.20. The number of nitro groups is 1. The quantitative estimate of drug-likeness (QED) is 0.646. The minimum absolute atomic E-state index is 0.121. The lowest BCUT2D eigenvalue weighted by Crippen LogP contribution is -2.06. The number of aromatic carboxylic acids is 1. The van der Waals surface area contributed by atoms with Crippen molar-refractivity contribution in [3.8, 4) is 0 Å². The average Bonchev–Trinajstić information content (AvgIpc) is 2.46. The maximum absolute atomic E-state index is 11.0. The van der Waals surface area contributed by atoms with Crippen LogP contribution in [-0.2, 0) is 6.54 Å². The summed E-state index contributed by atoms with van der Waals surface area (Å²) in [6.45, 7) is 2.29. The van der Waals surface area contributed by atoms with Gasteiger partial charge in [0.2, 0.25) is 0 Å². The molecule has 0 aliphatic carbocycles. The first-order valence-corrected chi connectivity index (χ1v) is 6.14. The zero-order valence-electron chi connectivity index (χ0n) is 11.2. The number of nitrogens with one attached hydrogen (secondary N) is 1. The highest BCUT2D eigenvalue weighted by atomic mass is 16.6. The van der Waals surface area contributed by atoms with E-state index in [1.807, 2.05) is 13.0 Å². The summed E-state index contributed by atoms with van der Waals surface area (Å²) < 4.78 is 0. The summed E-state index contributed by atoms with van der Waals surface area (Å²) in [7, 11) is 0. The second-order valence-electron chi connectivity index (χ2n) is 4.45. The van der Waals surface area contributed by atoms with E-state index >= 15 is 0 Å². The molecule has 2 rings (SSSR count). The number of nitrogens with zero attached hydrogens (tertiary/aromatic N) is 2. The maximum Gasteiger partial charge on any atom is 0.335 e. The predicted octanol–water partition coefficient (Wildman–Crippen LogP) is 2.61. The van der Waals surface area contributed by atoms with E-state index in [4.69, 9.17) is 5.11 Å². The summed E-state index contributed by atoms with van der Waals surface area (Å²) in [6.07, 6.45) is 3.35. The van der Waals surface area contributed by atoms with Crippen molar-refractivity contribution in [3.05, 3.63) is 63.5 Å². The lowest BCUT2D eigenvalue weighted by molar-refractivity contribution is -0.384. The molecule has 0 spiro atoms. The fourth-order valence-corrected chi connectivity index (χ4v) is 1.84. The molecule has 108 valence electrons. The van der Waals surface area contributed by atoms with Gasteiger partial charge in [0.1, 0.15) is 5.69 Å². The Labute approximate surface area is 120 Å². The van der Waals surface area contributed by atoms with Crippen molar-refractivity contribution in [2.24, 2.45) is 0 Å². The van der Waals surface area contributed by atoms with Crippen molar-refractivity contribution in [1.82, 2.24) is 4.98 Å². The van der Waals surface area contributed by atoms with Crippen molar-refractivity contribution in [3.63, 3.8) is 0 Å². The van der Waals surface area contributed by atoms with Crippen LogP contribution in [0.2, 0.25) is 0 Å². The summed E-state index contributed by atoms with van der Waals surface area (Å²) in [5, 5.41) is 22.9. The van der Waals surface area contributed by atoms with E-state index in [1.165, 1.54) is 12.1 Å². The molecule has 0 unspecified atom stereocenters. The first-order chi connectivity index (χ1) is 9.99. The molecule has 0 aliphatic heterocycles. The second kappa shape index (κ2) is 6.00. The molecule has 0 bridgehead atoms. The van der Waals surface area contributed by atoms with E-state index in [-0.39, 0.29) is 16.9 Å².